The zero-order valence-electron chi connectivity index (χ0n) is 12.9. The lowest BCUT2D eigenvalue weighted by molar-refractivity contribution is 0.237. The number of carbonyl (C=O) groups is 1. The number of hydrogen-bond acceptors (Lipinski definition) is 4. The third-order valence-electron chi connectivity index (χ3n) is 3.91. The monoisotopic (exact) mass is 334 g/mol. The van der Waals surface area contributed by atoms with Crippen molar-refractivity contribution in [2.24, 2.45) is 7.05 Å². The summed E-state index contributed by atoms with van der Waals surface area (Å²) >= 11 is 6.03. The second-order valence-electron chi connectivity index (χ2n) is 5.54. The Labute approximate surface area is 139 Å². The molecular weight excluding hydrogens is 316 g/mol. The van der Waals surface area contributed by atoms with Crippen LogP contribution in [0.5, 0.6) is 0 Å². The van der Waals surface area contributed by atoms with E-state index in [2.05, 4.69) is 25.6 Å². The Hall–Kier alpha value is -2.28. The van der Waals surface area contributed by atoms with E-state index in [-0.39, 0.29) is 12.1 Å². The fraction of sp³-hybridized carbons (Fsp3) is 0.400. The molecule has 1 aromatic heterocycles. The van der Waals surface area contributed by atoms with Crippen molar-refractivity contribution in [3.05, 3.63) is 41.4 Å². The molecule has 0 saturated carbocycles. The van der Waals surface area contributed by atoms with Crippen LogP contribution in [0.4, 0.5) is 10.5 Å². The summed E-state index contributed by atoms with van der Waals surface area (Å²) in [6, 6.07) is 7.70. The first-order valence-corrected chi connectivity index (χ1v) is 7.87. The third kappa shape index (κ3) is 3.92. The molecule has 3 rings (SSSR count). The molecule has 0 spiro atoms. The van der Waals surface area contributed by atoms with Gasteiger partial charge in [0.25, 0.3) is 0 Å². The van der Waals surface area contributed by atoms with Crippen LogP contribution in [-0.4, -0.2) is 39.9 Å². The number of amides is 2. The molecule has 1 saturated heterocycles. The fourth-order valence-electron chi connectivity index (χ4n) is 2.66. The number of benzene rings is 1. The molecule has 2 N–H and O–H groups in total. The van der Waals surface area contributed by atoms with Crippen molar-refractivity contribution in [2.45, 2.75) is 19.0 Å². The van der Waals surface area contributed by atoms with Gasteiger partial charge in [-0.1, -0.05) is 17.7 Å². The average molecular weight is 335 g/mol. The van der Waals surface area contributed by atoms with Crippen molar-refractivity contribution in [2.75, 3.05) is 18.0 Å². The predicted octanol–water partition coefficient (Wildman–Crippen LogP) is 1.55. The van der Waals surface area contributed by atoms with Gasteiger partial charge in [-0.3, -0.25) is 4.68 Å². The first-order valence-electron chi connectivity index (χ1n) is 7.49. The van der Waals surface area contributed by atoms with Crippen molar-refractivity contribution >= 4 is 23.3 Å². The van der Waals surface area contributed by atoms with Gasteiger partial charge in [-0.2, -0.15) is 5.10 Å². The highest BCUT2D eigenvalue weighted by Gasteiger charge is 2.24. The molecule has 1 aliphatic heterocycles. The van der Waals surface area contributed by atoms with E-state index >= 15 is 0 Å². The number of halogens is 1. The molecule has 0 aliphatic carbocycles. The number of aryl methyl sites for hydroxylation is 1. The Kier molecular flexibility index (Phi) is 4.66. The minimum Gasteiger partial charge on any atom is -0.369 e. The van der Waals surface area contributed by atoms with E-state index in [1.54, 1.807) is 11.7 Å². The van der Waals surface area contributed by atoms with Crippen molar-refractivity contribution in [1.82, 2.24) is 25.4 Å². The maximum absolute atomic E-state index is 12.0. The number of rotatable bonds is 4. The molecule has 1 atom stereocenters. The SMILES string of the molecule is Cn1ncnc1CNC(=O)N[C@@H]1CCN(c2cccc(Cl)c2)C1. The zero-order valence-corrected chi connectivity index (χ0v) is 13.6. The number of nitrogens with one attached hydrogen (secondary N) is 2. The molecule has 7 nitrogen and oxygen atoms in total. The second kappa shape index (κ2) is 6.87. The number of hydrogen-bond donors (Lipinski definition) is 2. The summed E-state index contributed by atoms with van der Waals surface area (Å²) in [5.41, 5.74) is 1.08. The lowest BCUT2D eigenvalue weighted by Crippen LogP contribution is -2.43. The van der Waals surface area contributed by atoms with Gasteiger partial charge < -0.3 is 15.5 Å². The lowest BCUT2D eigenvalue weighted by Gasteiger charge is -2.19. The van der Waals surface area contributed by atoms with E-state index in [4.69, 9.17) is 11.6 Å². The summed E-state index contributed by atoms with van der Waals surface area (Å²) in [7, 11) is 1.79. The first kappa shape index (κ1) is 15.6. The number of aromatic nitrogens is 3. The van der Waals surface area contributed by atoms with Gasteiger partial charge in [-0.15, -0.1) is 0 Å². The molecule has 1 aromatic carbocycles. The molecule has 1 fully saturated rings. The summed E-state index contributed by atoms with van der Waals surface area (Å²) in [6.45, 7) is 2.03. The van der Waals surface area contributed by atoms with Gasteiger partial charge in [0, 0.05) is 36.9 Å². The van der Waals surface area contributed by atoms with E-state index < -0.39 is 0 Å². The molecule has 2 heterocycles. The molecule has 0 bridgehead atoms. The van der Waals surface area contributed by atoms with E-state index in [0.717, 1.165) is 30.2 Å². The van der Waals surface area contributed by atoms with Crippen LogP contribution in [0.2, 0.25) is 5.02 Å². The number of nitrogens with zero attached hydrogens (tertiary/aromatic N) is 4. The third-order valence-corrected chi connectivity index (χ3v) is 4.14. The van der Waals surface area contributed by atoms with Gasteiger partial charge >= 0.3 is 6.03 Å². The number of anilines is 1. The van der Waals surface area contributed by atoms with Gasteiger partial charge in [0.1, 0.15) is 12.2 Å². The highest BCUT2D eigenvalue weighted by molar-refractivity contribution is 6.30. The highest BCUT2D eigenvalue weighted by atomic mass is 35.5. The maximum Gasteiger partial charge on any atom is 0.315 e. The molecule has 23 heavy (non-hydrogen) atoms. The maximum atomic E-state index is 12.0. The van der Waals surface area contributed by atoms with Crippen molar-refractivity contribution in [3.63, 3.8) is 0 Å². The fourth-order valence-corrected chi connectivity index (χ4v) is 2.85. The second-order valence-corrected chi connectivity index (χ2v) is 5.97. The van der Waals surface area contributed by atoms with Gasteiger partial charge in [0.2, 0.25) is 0 Å². The quantitative estimate of drug-likeness (QED) is 0.889. The minimum atomic E-state index is -0.189. The van der Waals surface area contributed by atoms with E-state index in [1.165, 1.54) is 6.33 Å². The van der Waals surface area contributed by atoms with Gasteiger partial charge in [0.15, 0.2) is 0 Å². The van der Waals surface area contributed by atoms with Crippen molar-refractivity contribution < 1.29 is 4.79 Å². The summed E-state index contributed by atoms with van der Waals surface area (Å²) in [6.07, 6.45) is 2.37. The predicted molar refractivity (Wildman–Crippen MR) is 88.4 cm³/mol. The molecule has 0 unspecified atom stereocenters. The molecule has 122 valence electrons. The number of urea groups is 1. The molecule has 8 heteroatoms. The van der Waals surface area contributed by atoms with E-state index in [0.29, 0.717) is 12.4 Å². The summed E-state index contributed by atoms with van der Waals surface area (Å²) in [5, 5.41) is 10.5. The molecule has 2 amide bonds. The van der Waals surface area contributed by atoms with Crippen LogP contribution < -0.4 is 15.5 Å². The van der Waals surface area contributed by atoms with Crippen LogP contribution in [0, 0.1) is 0 Å². The summed E-state index contributed by atoms with van der Waals surface area (Å²) in [4.78, 5) is 18.3. The standard InChI is InChI=1S/C15H19ClN6O/c1-21-14(18-10-19-21)8-17-15(23)20-12-5-6-22(9-12)13-4-2-3-11(16)7-13/h2-4,7,10,12H,5-6,8-9H2,1H3,(H2,17,20,23)/t12-/m1/s1. The Morgan fingerprint density at radius 1 is 1.48 bits per heavy atom. The van der Waals surface area contributed by atoms with Crippen LogP contribution >= 0.6 is 11.6 Å². The first-order chi connectivity index (χ1) is 11.1. The van der Waals surface area contributed by atoms with E-state index in [1.807, 2.05) is 24.3 Å². The molecule has 1 aliphatic rings. The molecular formula is C15H19ClN6O. The summed E-state index contributed by atoms with van der Waals surface area (Å²) in [5.74, 6) is 0.715. The minimum absolute atomic E-state index is 0.119. The Bertz CT molecular complexity index is 688. The van der Waals surface area contributed by atoms with Gasteiger partial charge in [0.05, 0.1) is 6.54 Å². The van der Waals surface area contributed by atoms with Crippen LogP contribution in [0.3, 0.4) is 0 Å². The smallest absolute Gasteiger partial charge is 0.315 e. The van der Waals surface area contributed by atoms with Crippen molar-refractivity contribution in [1.29, 1.82) is 0 Å². The number of carbonyl (C=O) groups excluding carboxylic acids is 1. The molecule has 0 radical (unpaired) electrons. The normalized spacial score (nSPS) is 17.3. The largest absolute Gasteiger partial charge is 0.369 e. The lowest BCUT2D eigenvalue weighted by atomic mass is 10.3. The van der Waals surface area contributed by atoms with Gasteiger partial charge in [-0.25, -0.2) is 9.78 Å². The zero-order chi connectivity index (χ0) is 16.2. The average Bonchev–Trinajstić information content (AvgIpc) is 3.14. The Morgan fingerprint density at radius 3 is 3.09 bits per heavy atom. The Morgan fingerprint density at radius 2 is 2.35 bits per heavy atom. The highest BCUT2D eigenvalue weighted by Crippen LogP contribution is 2.23. The van der Waals surface area contributed by atoms with Crippen LogP contribution in [0.1, 0.15) is 12.2 Å². The molecule has 2 aromatic rings. The van der Waals surface area contributed by atoms with Crippen molar-refractivity contribution in [3.8, 4) is 0 Å². The van der Waals surface area contributed by atoms with Crippen LogP contribution in [-0.2, 0) is 13.6 Å². The van der Waals surface area contributed by atoms with Gasteiger partial charge in [-0.05, 0) is 24.6 Å². The Balaban J connectivity index is 1.48. The van der Waals surface area contributed by atoms with Crippen LogP contribution in [0.25, 0.3) is 0 Å². The van der Waals surface area contributed by atoms with Crippen LogP contribution in [0.15, 0.2) is 30.6 Å². The summed E-state index contributed by atoms with van der Waals surface area (Å²) < 4.78 is 1.64. The topological polar surface area (TPSA) is 75.1 Å². The van der Waals surface area contributed by atoms with E-state index in [9.17, 15) is 4.79 Å².